The van der Waals surface area contributed by atoms with Crippen molar-refractivity contribution in [1.29, 1.82) is 0 Å². The van der Waals surface area contributed by atoms with Crippen molar-refractivity contribution in [3.63, 3.8) is 0 Å². The van der Waals surface area contributed by atoms with E-state index in [4.69, 9.17) is 9.47 Å². The molecule has 7 nitrogen and oxygen atoms in total. The Balaban J connectivity index is 2.84. The van der Waals surface area contributed by atoms with Gasteiger partial charge in [0.15, 0.2) is 0 Å². The van der Waals surface area contributed by atoms with E-state index in [9.17, 15) is 8.42 Å². The van der Waals surface area contributed by atoms with Crippen LogP contribution in [-0.4, -0.2) is 65.3 Å². The number of nitrogens with zero attached hydrogens (tertiary/aromatic N) is 1. The van der Waals surface area contributed by atoms with Gasteiger partial charge in [-0.2, -0.15) is 4.31 Å². The van der Waals surface area contributed by atoms with Crippen molar-refractivity contribution in [1.82, 2.24) is 14.6 Å². The van der Waals surface area contributed by atoms with Crippen molar-refractivity contribution < 1.29 is 17.9 Å². The summed E-state index contributed by atoms with van der Waals surface area (Å²) in [5.41, 5.74) is 0.833. The van der Waals surface area contributed by atoms with E-state index in [1.165, 1.54) is 10.5 Å². The molecule has 0 atom stereocenters. The summed E-state index contributed by atoms with van der Waals surface area (Å²) in [7, 11) is 1.46. The van der Waals surface area contributed by atoms with Gasteiger partial charge in [-0.3, -0.25) is 0 Å². The van der Waals surface area contributed by atoms with Crippen molar-refractivity contribution >= 4 is 10.0 Å². The van der Waals surface area contributed by atoms with E-state index in [-0.39, 0.29) is 4.90 Å². The van der Waals surface area contributed by atoms with Crippen LogP contribution < -0.4 is 5.32 Å². The number of hydrogen-bond acceptors (Lipinski definition) is 5. The maximum atomic E-state index is 12.6. The van der Waals surface area contributed by atoms with Gasteiger partial charge in [-0.05, 0) is 19.5 Å². The minimum absolute atomic E-state index is 0.279. The molecule has 0 unspecified atom stereocenters. The Morgan fingerprint density at radius 1 is 1.24 bits per heavy atom. The first-order valence-electron chi connectivity index (χ1n) is 6.86. The number of nitrogens with one attached hydrogen (secondary N) is 2. The number of aromatic nitrogens is 1. The zero-order valence-corrected chi connectivity index (χ0v) is 13.7. The van der Waals surface area contributed by atoms with Crippen LogP contribution in [0.5, 0.6) is 0 Å². The van der Waals surface area contributed by atoms with Crippen LogP contribution in [0.2, 0.25) is 0 Å². The number of hydrogen-bond donors (Lipinski definition) is 2. The number of ether oxygens (including phenoxy) is 2. The molecule has 0 aliphatic heterocycles. The lowest BCUT2D eigenvalue weighted by molar-refractivity contribution is 0.164. The van der Waals surface area contributed by atoms with Gasteiger partial charge in [0, 0.05) is 52.4 Å². The summed E-state index contributed by atoms with van der Waals surface area (Å²) in [5.74, 6) is 0. The molecule has 122 valence electrons. The van der Waals surface area contributed by atoms with E-state index in [0.717, 1.165) is 5.69 Å². The molecule has 0 saturated carbocycles. The molecule has 0 aromatic carbocycles. The average molecular weight is 319 g/mol. The van der Waals surface area contributed by atoms with Crippen LogP contribution in [0, 0.1) is 0 Å². The number of sulfonamides is 1. The fourth-order valence-corrected chi connectivity index (χ4v) is 3.42. The van der Waals surface area contributed by atoms with E-state index in [1.54, 1.807) is 20.3 Å². The molecule has 1 rings (SSSR count). The molecular weight excluding hydrogens is 294 g/mol. The second-order valence-corrected chi connectivity index (χ2v) is 6.57. The molecule has 0 bridgehead atoms. The third-order valence-corrected chi connectivity index (χ3v) is 4.90. The summed E-state index contributed by atoms with van der Waals surface area (Å²) < 4.78 is 36.7. The molecule has 1 aromatic heterocycles. The van der Waals surface area contributed by atoms with Gasteiger partial charge >= 0.3 is 0 Å². The Bertz CT molecular complexity index is 501. The highest BCUT2D eigenvalue weighted by atomic mass is 32.2. The number of methoxy groups -OCH3 is 2. The van der Waals surface area contributed by atoms with Gasteiger partial charge in [0.2, 0.25) is 10.0 Å². The van der Waals surface area contributed by atoms with Gasteiger partial charge in [0.05, 0.1) is 11.5 Å². The molecule has 0 saturated heterocycles. The summed E-state index contributed by atoms with van der Waals surface area (Å²) in [5, 5.41) is 2.98. The van der Waals surface area contributed by atoms with Gasteiger partial charge in [0.25, 0.3) is 0 Å². The molecule has 0 radical (unpaired) electrons. The Morgan fingerprint density at radius 2 is 1.95 bits per heavy atom. The summed E-state index contributed by atoms with van der Waals surface area (Å²) in [4.78, 5) is 3.25. The molecule has 1 aromatic rings. The van der Waals surface area contributed by atoms with Crippen molar-refractivity contribution in [3.8, 4) is 0 Å². The van der Waals surface area contributed by atoms with Crippen LogP contribution in [0.1, 0.15) is 12.1 Å². The molecule has 0 amide bonds. The summed E-state index contributed by atoms with van der Waals surface area (Å²) in [6.45, 7) is 2.22. The van der Waals surface area contributed by atoms with Crippen LogP contribution in [-0.2, 0) is 26.0 Å². The lowest BCUT2D eigenvalue weighted by Gasteiger charge is -2.21. The summed E-state index contributed by atoms with van der Waals surface area (Å²) in [6, 6.07) is 1.65. The van der Waals surface area contributed by atoms with Gasteiger partial charge in [-0.15, -0.1) is 0 Å². The zero-order valence-electron chi connectivity index (χ0n) is 12.9. The predicted octanol–water partition coefficient (Wildman–Crippen LogP) is 0.408. The highest BCUT2D eigenvalue weighted by Crippen LogP contribution is 2.17. The first kappa shape index (κ1) is 18.1. The van der Waals surface area contributed by atoms with Crippen molar-refractivity contribution in [2.24, 2.45) is 0 Å². The predicted molar refractivity (Wildman–Crippen MR) is 80.7 cm³/mol. The molecule has 2 N–H and O–H groups in total. The fraction of sp³-hybridized carbons (Fsp3) is 0.692. The maximum Gasteiger partial charge on any atom is 0.244 e. The minimum atomic E-state index is -3.51. The van der Waals surface area contributed by atoms with E-state index >= 15 is 0 Å². The third-order valence-electron chi connectivity index (χ3n) is 3.02. The lowest BCUT2D eigenvalue weighted by atomic mass is 10.4. The largest absolute Gasteiger partial charge is 0.385 e. The Kier molecular flexibility index (Phi) is 7.91. The van der Waals surface area contributed by atoms with E-state index in [2.05, 4.69) is 10.3 Å². The number of aromatic amines is 1. The lowest BCUT2D eigenvalue weighted by Crippen LogP contribution is -2.35. The van der Waals surface area contributed by atoms with Crippen LogP contribution in [0.25, 0.3) is 0 Å². The highest BCUT2D eigenvalue weighted by Gasteiger charge is 2.24. The van der Waals surface area contributed by atoms with Crippen molar-refractivity contribution in [2.45, 2.75) is 17.9 Å². The quantitative estimate of drug-likeness (QED) is 0.577. The summed E-state index contributed by atoms with van der Waals surface area (Å²) >= 11 is 0. The molecule has 0 aliphatic rings. The normalized spacial score (nSPS) is 12.2. The van der Waals surface area contributed by atoms with E-state index in [0.29, 0.717) is 39.3 Å². The second kappa shape index (κ2) is 9.16. The second-order valence-electron chi connectivity index (χ2n) is 4.63. The molecular formula is C13H25N3O4S. The SMILES string of the molecule is CNCc1cc(S(=O)(=O)N(CCCOC)CCOC)c[nH]1. The standard InChI is InChI=1S/C13H25N3O4S/c1-14-10-12-9-13(11-15-12)21(17,18)16(6-8-20-3)5-4-7-19-2/h9,11,14-15H,4-8,10H2,1-3H3. The summed E-state index contributed by atoms with van der Waals surface area (Å²) in [6.07, 6.45) is 2.17. The molecule has 0 aliphatic carbocycles. The van der Waals surface area contributed by atoms with Crippen molar-refractivity contribution in [2.75, 3.05) is 47.6 Å². The maximum absolute atomic E-state index is 12.6. The molecule has 1 heterocycles. The number of rotatable bonds is 11. The number of H-pyrrole nitrogens is 1. The first-order chi connectivity index (χ1) is 10.1. The third kappa shape index (κ3) is 5.40. The van der Waals surface area contributed by atoms with Crippen molar-refractivity contribution in [3.05, 3.63) is 18.0 Å². The fourth-order valence-electron chi connectivity index (χ4n) is 1.94. The average Bonchev–Trinajstić information content (AvgIpc) is 2.92. The Morgan fingerprint density at radius 3 is 2.57 bits per heavy atom. The van der Waals surface area contributed by atoms with Crippen LogP contribution in [0.4, 0.5) is 0 Å². The molecule has 8 heteroatoms. The van der Waals surface area contributed by atoms with Gasteiger partial charge in [-0.1, -0.05) is 0 Å². The Labute approximate surface area is 126 Å². The smallest absolute Gasteiger partial charge is 0.244 e. The van der Waals surface area contributed by atoms with Gasteiger partial charge in [0.1, 0.15) is 0 Å². The molecule has 21 heavy (non-hydrogen) atoms. The Hall–Kier alpha value is -0.930. The molecule has 0 spiro atoms. The highest BCUT2D eigenvalue weighted by molar-refractivity contribution is 7.89. The van der Waals surface area contributed by atoms with Gasteiger partial charge in [-0.25, -0.2) is 8.42 Å². The van der Waals surface area contributed by atoms with E-state index < -0.39 is 10.0 Å². The topological polar surface area (TPSA) is 83.7 Å². The van der Waals surface area contributed by atoms with Crippen LogP contribution >= 0.6 is 0 Å². The zero-order chi connectivity index (χ0) is 15.7. The minimum Gasteiger partial charge on any atom is -0.385 e. The van der Waals surface area contributed by atoms with E-state index in [1.807, 2.05) is 7.05 Å². The first-order valence-corrected chi connectivity index (χ1v) is 8.30. The molecule has 0 fully saturated rings. The van der Waals surface area contributed by atoms with Crippen LogP contribution in [0.3, 0.4) is 0 Å². The van der Waals surface area contributed by atoms with Gasteiger partial charge < -0.3 is 19.8 Å². The van der Waals surface area contributed by atoms with Crippen LogP contribution in [0.15, 0.2) is 17.2 Å². The monoisotopic (exact) mass is 319 g/mol.